The van der Waals surface area contributed by atoms with Crippen LogP contribution in [0.5, 0.6) is 0 Å². The fourth-order valence-electron chi connectivity index (χ4n) is 2.63. The van der Waals surface area contributed by atoms with Gasteiger partial charge in [0, 0.05) is 25.0 Å². The van der Waals surface area contributed by atoms with Gasteiger partial charge in [-0.2, -0.15) is 0 Å². The first-order chi connectivity index (χ1) is 10.2. The lowest BCUT2D eigenvalue weighted by atomic mass is 9.86. The maximum atomic E-state index is 13.4. The highest BCUT2D eigenvalue weighted by Crippen LogP contribution is 2.29. The van der Waals surface area contributed by atoms with Crippen molar-refractivity contribution in [3.63, 3.8) is 0 Å². The molecule has 0 aromatic heterocycles. The summed E-state index contributed by atoms with van der Waals surface area (Å²) >= 11 is 0. The van der Waals surface area contributed by atoms with Crippen LogP contribution in [0.1, 0.15) is 38.7 Å². The first-order valence-corrected chi connectivity index (χ1v) is 7.36. The Balaban J connectivity index is 2.03. The van der Waals surface area contributed by atoms with Gasteiger partial charge in [0.25, 0.3) is 0 Å². The summed E-state index contributed by atoms with van der Waals surface area (Å²) in [5.41, 5.74) is 6.23. The van der Waals surface area contributed by atoms with E-state index < -0.39 is 23.3 Å². The zero-order valence-corrected chi connectivity index (χ0v) is 13.1. The largest absolute Gasteiger partial charge is 0.444 e. The summed E-state index contributed by atoms with van der Waals surface area (Å²) in [6, 6.07) is 3.50. The molecule has 0 aliphatic carbocycles. The summed E-state index contributed by atoms with van der Waals surface area (Å²) in [6.07, 6.45) is 0.192. The van der Waals surface area contributed by atoms with Gasteiger partial charge in [-0.1, -0.05) is 6.07 Å². The van der Waals surface area contributed by atoms with Crippen LogP contribution in [-0.4, -0.2) is 35.7 Å². The molecule has 1 heterocycles. The number of likely N-dealkylation sites (tertiary alicyclic amines) is 1. The van der Waals surface area contributed by atoms with Gasteiger partial charge in [-0.05, 0) is 44.9 Å². The van der Waals surface area contributed by atoms with Crippen LogP contribution in [0.2, 0.25) is 0 Å². The third kappa shape index (κ3) is 3.94. The van der Waals surface area contributed by atoms with Gasteiger partial charge >= 0.3 is 6.09 Å². The topological polar surface area (TPSA) is 55.6 Å². The van der Waals surface area contributed by atoms with Crippen molar-refractivity contribution in [2.24, 2.45) is 5.73 Å². The molecule has 0 radical (unpaired) electrons. The molecule has 0 spiro atoms. The molecule has 2 N–H and O–H groups in total. The Labute approximate surface area is 129 Å². The predicted molar refractivity (Wildman–Crippen MR) is 79.5 cm³/mol. The Morgan fingerprint density at radius 3 is 2.55 bits per heavy atom. The van der Waals surface area contributed by atoms with E-state index in [9.17, 15) is 13.6 Å². The lowest BCUT2D eigenvalue weighted by Crippen LogP contribution is -2.50. The van der Waals surface area contributed by atoms with Crippen molar-refractivity contribution >= 4 is 6.09 Å². The van der Waals surface area contributed by atoms with Crippen LogP contribution in [0.15, 0.2) is 18.2 Å². The second kappa shape index (κ2) is 6.20. The fraction of sp³-hybridized carbons (Fsp3) is 0.562. The fourth-order valence-corrected chi connectivity index (χ4v) is 2.63. The zero-order valence-electron chi connectivity index (χ0n) is 13.1. The Kier molecular flexibility index (Phi) is 4.70. The molecule has 1 aliphatic heterocycles. The molecule has 1 aromatic rings. The normalized spacial score (nSPS) is 22.5. The third-order valence-corrected chi connectivity index (χ3v) is 3.68. The van der Waals surface area contributed by atoms with Crippen molar-refractivity contribution in [3.05, 3.63) is 35.4 Å². The summed E-state index contributed by atoms with van der Waals surface area (Å²) < 4.78 is 31.7. The number of halogens is 2. The molecular formula is C16H22F2N2O2. The number of benzene rings is 1. The lowest BCUT2D eigenvalue weighted by Gasteiger charge is -2.37. The van der Waals surface area contributed by atoms with E-state index in [0.717, 1.165) is 6.07 Å². The Bertz CT molecular complexity index is 558. The van der Waals surface area contributed by atoms with Gasteiger partial charge in [0.2, 0.25) is 0 Å². The number of rotatable bonds is 1. The molecule has 1 aliphatic rings. The van der Waals surface area contributed by atoms with Gasteiger partial charge in [0.15, 0.2) is 11.6 Å². The highest BCUT2D eigenvalue weighted by Gasteiger charge is 2.32. The smallest absolute Gasteiger partial charge is 0.410 e. The number of nitrogens with zero attached hydrogens (tertiary/aromatic N) is 1. The molecule has 1 amide bonds. The van der Waals surface area contributed by atoms with Crippen LogP contribution in [0.3, 0.4) is 0 Å². The second-order valence-electron chi connectivity index (χ2n) is 6.66. The van der Waals surface area contributed by atoms with E-state index in [1.165, 1.54) is 6.07 Å². The average molecular weight is 312 g/mol. The monoisotopic (exact) mass is 312 g/mol. The SMILES string of the molecule is CC(C)(C)OC(=O)N1CC[C@@H](c2ccc(F)c(F)c2)[C@@H](N)C1. The third-order valence-electron chi connectivity index (χ3n) is 3.68. The van der Waals surface area contributed by atoms with Crippen molar-refractivity contribution < 1.29 is 18.3 Å². The molecule has 1 saturated heterocycles. The molecule has 1 aromatic carbocycles. The van der Waals surface area contributed by atoms with Crippen LogP contribution in [0, 0.1) is 11.6 Å². The van der Waals surface area contributed by atoms with E-state index in [4.69, 9.17) is 10.5 Å². The number of carbonyl (C=O) groups excluding carboxylic acids is 1. The summed E-state index contributed by atoms with van der Waals surface area (Å²) in [5, 5.41) is 0. The predicted octanol–water partition coefficient (Wildman–Crippen LogP) is 3.02. The first-order valence-electron chi connectivity index (χ1n) is 7.36. The van der Waals surface area contributed by atoms with Gasteiger partial charge < -0.3 is 15.4 Å². The van der Waals surface area contributed by atoms with Crippen molar-refractivity contribution in [3.8, 4) is 0 Å². The molecule has 0 unspecified atom stereocenters. The van der Waals surface area contributed by atoms with Gasteiger partial charge in [0.05, 0.1) is 0 Å². The molecule has 122 valence electrons. The van der Waals surface area contributed by atoms with Gasteiger partial charge in [0.1, 0.15) is 5.60 Å². The number of ether oxygens (including phenoxy) is 1. The van der Waals surface area contributed by atoms with E-state index in [0.29, 0.717) is 25.1 Å². The van der Waals surface area contributed by atoms with Gasteiger partial charge in [-0.3, -0.25) is 0 Å². The summed E-state index contributed by atoms with van der Waals surface area (Å²) in [6.45, 7) is 6.22. The summed E-state index contributed by atoms with van der Waals surface area (Å²) in [5.74, 6) is -1.85. The molecule has 6 heteroatoms. The molecule has 22 heavy (non-hydrogen) atoms. The van der Waals surface area contributed by atoms with E-state index >= 15 is 0 Å². The summed E-state index contributed by atoms with van der Waals surface area (Å²) in [7, 11) is 0. The number of hydrogen-bond acceptors (Lipinski definition) is 3. The van der Waals surface area contributed by atoms with Crippen LogP contribution < -0.4 is 5.73 Å². The lowest BCUT2D eigenvalue weighted by molar-refractivity contribution is 0.0186. The van der Waals surface area contributed by atoms with Crippen molar-refractivity contribution in [1.82, 2.24) is 4.90 Å². The maximum absolute atomic E-state index is 13.4. The molecule has 2 atom stereocenters. The van der Waals surface area contributed by atoms with Crippen molar-refractivity contribution in [1.29, 1.82) is 0 Å². The Morgan fingerprint density at radius 2 is 2.00 bits per heavy atom. The van der Waals surface area contributed by atoms with Gasteiger partial charge in [-0.25, -0.2) is 13.6 Å². The Morgan fingerprint density at radius 1 is 1.32 bits per heavy atom. The summed E-state index contributed by atoms with van der Waals surface area (Å²) in [4.78, 5) is 13.6. The van der Waals surface area contributed by atoms with Crippen LogP contribution in [0.25, 0.3) is 0 Å². The highest BCUT2D eigenvalue weighted by molar-refractivity contribution is 5.68. The number of hydrogen-bond donors (Lipinski definition) is 1. The number of nitrogens with two attached hydrogens (primary N) is 1. The molecule has 2 rings (SSSR count). The van der Waals surface area contributed by atoms with E-state index in [1.807, 2.05) is 0 Å². The van der Waals surface area contributed by atoms with E-state index in [1.54, 1.807) is 31.7 Å². The molecular weight excluding hydrogens is 290 g/mol. The number of carbonyl (C=O) groups is 1. The van der Waals surface area contributed by atoms with Crippen LogP contribution in [0.4, 0.5) is 13.6 Å². The van der Waals surface area contributed by atoms with E-state index in [2.05, 4.69) is 0 Å². The van der Waals surface area contributed by atoms with Crippen LogP contribution in [-0.2, 0) is 4.74 Å². The molecule has 0 saturated carbocycles. The van der Waals surface area contributed by atoms with Crippen molar-refractivity contribution in [2.45, 2.75) is 44.8 Å². The molecule has 0 bridgehead atoms. The number of piperidine rings is 1. The van der Waals surface area contributed by atoms with E-state index in [-0.39, 0.29) is 12.0 Å². The highest BCUT2D eigenvalue weighted by atomic mass is 19.2. The minimum atomic E-state index is -0.876. The quantitative estimate of drug-likeness (QED) is 0.867. The second-order valence-corrected chi connectivity index (χ2v) is 6.66. The maximum Gasteiger partial charge on any atom is 0.410 e. The minimum Gasteiger partial charge on any atom is -0.444 e. The molecule has 4 nitrogen and oxygen atoms in total. The van der Waals surface area contributed by atoms with Gasteiger partial charge in [-0.15, -0.1) is 0 Å². The Hall–Kier alpha value is -1.69. The average Bonchev–Trinajstić information content (AvgIpc) is 2.40. The minimum absolute atomic E-state index is 0.103. The number of amides is 1. The van der Waals surface area contributed by atoms with Crippen LogP contribution >= 0.6 is 0 Å². The van der Waals surface area contributed by atoms with Crippen molar-refractivity contribution in [2.75, 3.05) is 13.1 Å². The first kappa shape index (κ1) is 16.7. The standard InChI is InChI=1S/C16H22F2N2O2/c1-16(2,3)22-15(21)20-7-6-11(14(19)9-20)10-4-5-12(17)13(18)8-10/h4-5,8,11,14H,6-7,9,19H2,1-3H3/t11-,14-/m0/s1. The zero-order chi connectivity index (χ0) is 16.5. The molecule has 1 fully saturated rings.